The van der Waals surface area contributed by atoms with Crippen molar-refractivity contribution < 1.29 is 9.13 Å². The number of rotatable bonds is 8. The lowest BCUT2D eigenvalue weighted by atomic mass is 10.1. The zero-order chi connectivity index (χ0) is 18.8. The van der Waals surface area contributed by atoms with Gasteiger partial charge in [-0.15, -0.1) is 0 Å². The number of aryl methyl sites for hydroxylation is 1. The van der Waals surface area contributed by atoms with E-state index in [0.29, 0.717) is 18.2 Å². The van der Waals surface area contributed by atoms with Crippen LogP contribution in [0.15, 0.2) is 53.5 Å². The van der Waals surface area contributed by atoms with E-state index >= 15 is 0 Å². The summed E-state index contributed by atoms with van der Waals surface area (Å²) in [5, 5.41) is 6.68. The second-order valence-electron chi connectivity index (χ2n) is 6.35. The molecule has 140 valence electrons. The summed E-state index contributed by atoms with van der Waals surface area (Å²) < 4.78 is 18.7. The van der Waals surface area contributed by atoms with Crippen LogP contribution in [0.25, 0.3) is 0 Å². The number of benzene rings is 2. The predicted octanol–water partition coefficient (Wildman–Crippen LogP) is 3.66. The number of hydrogen-bond donors (Lipinski definition) is 2. The number of aliphatic imine (C=N–C) groups is 1. The van der Waals surface area contributed by atoms with Crippen LogP contribution in [0.2, 0.25) is 0 Å². The highest BCUT2D eigenvalue weighted by molar-refractivity contribution is 5.79. The zero-order valence-electron chi connectivity index (χ0n) is 15.8. The van der Waals surface area contributed by atoms with E-state index in [0.717, 1.165) is 24.4 Å². The summed E-state index contributed by atoms with van der Waals surface area (Å²) in [7, 11) is 3.31. The minimum absolute atomic E-state index is 0.243. The molecule has 0 fully saturated rings. The van der Waals surface area contributed by atoms with Gasteiger partial charge in [-0.25, -0.2) is 4.39 Å². The van der Waals surface area contributed by atoms with Crippen LogP contribution in [0.1, 0.15) is 30.0 Å². The molecule has 0 radical (unpaired) electrons. The maximum absolute atomic E-state index is 13.7. The van der Waals surface area contributed by atoms with Crippen molar-refractivity contribution in [2.24, 2.45) is 4.99 Å². The molecule has 0 aliphatic heterocycles. The molecule has 0 aliphatic rings. The highest BCUT2D eigenvalue weighted by Crippen LogP contribution is 2.11. The van der Waals surface area contributed by atoms with Gasteiger partial charge in [0.15, 0.2) is 5.96 Å². The van der Waals surface area contributed by atoms with E-state index in [-0.39, 0.29) is 12.4 Å². The average molecular weight is 357 g/mol. The molecule has 1 atom stereocenters. The molecule has 0 bridgehead atoms. The number of guanidine groups is 1. The second kappa shape index (κ2) is 10.6. The zero-order valence-corrected chi connectivity index (χ0v) is 15.8. The van der Waals surface area contributed by atoms with Gasteiger partial charge in [-0.2, -0.15) is 0 Å². The number of halogens is 1. The Balaban J connectivity index is 1.82. The van der Waals surface area contributed by atoms with Gasteiger partial charge in [-0.1, -0.05) is 36.4 Å². The smallest absolute Gasteiger partial charge is 0.191 e. The van der Waals surface area contributed by atoms with E-state index in [1.54, 1.807) is 20.2 Å². The van der Waals surface area contributed by atoms with Gasteiger partial charge in [0.1, 0.15) is 5.82 Å². The Morgan fingerprint density at radius 3 is 2.62 bits per heavy atom. The number of ether oxygens (including phenoxy) is 1. The van der Waals surface area contributed by atoms with Crippen LogP contribution in [0.5, 0.6) is 0 Å². The summed E-state index contributed by atoms with van der Waals surface area (Å²) in [5.74, 6) is 0.496. The minimum atomic E-state index is -0.243. The van der Waals surface area contributed by atoms with Crippen LogP contribution < -0.4 is 10.6 Å². The van der Waals surface area contributed by atoms with Crippen LogP contribution in [0.4, 0.5) is 4.39 Å². The third-order valence-electron chi connectivity index (χ3n) is 4.19. The molecule has 0 amide bonds. The normalized spacial score (nSPS) is 12.7. The first kappa shape index (κ1) is 19.9. The number of hydrogen-bond acceptors (Lipinski definition) is 2. The Labute approximate surface area is 155 Å². The van der Waals surface area contributed by atoms with E-state index in [9.17, 15) is 4.39 Å². The summed E-state index contributed by atoms with van der Waals surface area (Å²) in [4.78, 5) is 4.27. The van der Waals surface area contributed by atoms with Crippen molar-refractivity contribution >= 4 is 5.96 Å². The summed E-state index contributed by atoms with van der Waals surface area (Å²) in [6.07, 6.45) is 2.03. The standard InChI is InChI=1S/C21H28FN3O/c1-16(9-10-17-7-5-4-6-8-17)25-21(23-2)24-14-18-11-12-20(22)19(13-18)15-26-3/h4-8,11-13,16H,9-10,14-15H2,1-3H3,(H2,23,24,25). The van der Waals surface area contributed by atoms with Gasteiger partial charge in [-0.05, 0) is 43.0 Å². The molecule has 2 N–H and O–H groups in total. The highest BCUT2D eigenvalue weighted by Gasteiger charge is 2.07. The summed E-state index contributed by atoms with van der Waals surface area (Å²) in [5.41, 5.74) is 2.88. The van der Waals surface area contributed by atoms with Gasteiger partial charge in [-0.3, -0.25) is 4.99 Å². The van der Waals surface area contributed by atoms with Crippen molar-refractivity contribution in [3.05, 3.63) is 71.0 Å². The van der Waals surface area contributed by atoms with Crippen molar-refractivity contribution in [2.45, 2.75) is 39.0 Å². The van der Waals surface area contributed by atoms with Gasteiger partial charge in [0.25, 0.3) is 0 Å². The Hall–Kier alpha value is -2.40. The Kier molecular flexibility index (Phi) is 8.09. The van der Waals surface area contributed by atoms with Crippen LogP contribution in [0.3, 0.4) is 0 Å². The third-order valence-corrected chi connectivity index (χ3v) is 4.19. The van der Waals surface area contributed by atoms with Gasteiger partial charge < -0.3 is 15.4 Å². The maximum atomic E-state index is 13.7. The largest absolute Gasteiger partial charge is 0.380 e. The van der Waals surface area contributed by atoms with Crippen molar-refractivity contribution in [3.63, 3.8) is 0 Å². The lowest BCUT2D eigenvalue weighted by Gasteiger charge is -2.18. The van der Waals surface area contributed by atoms with E-state index < -0.39 is 0 Å². The summed E-state index contributed by atoms with van der Waals surface area (Å²) in [6.45, 7) is 2.98. The molecule has 2 aromatic carbocycles. The SMILES string of the molecule is CN=C(NCc1ccc(F)c(COC)c1)NC(C)CCc1ccccc1. The van der Waals surface area contributed by atoms with Gasteiger partial charge in [0.2, 0.25) is 0 Å². The van der Waals surface area contributed by atoms with E-state index in [2.05, 4.69) is 46.8 Å². The topological polar surface area (TPSA) is 45.7 Å². The molecule has 0 saturated carbocycles. The maximum Gasteiger partial charge on any atom is 0.191 e. The number of methoxy groups -OCH3 is 1. The second-order valence-corrected chi connectivity index (χ2v) is 6.35. The first-order valence-corrected chi connectivity index (χ1v) is 8.89. The molecular weight excluding hydrogens is 329 g/mol. The van der Waals surface area contributed by atoms with Crippen LogP contribution >= 0.6 is 0 Å². The van der Waals surface area contributed by atoms with E-state index in [1.165, 1.54) is 11.6 Å². The van der Waals surface area contributed by atoms with Crippen molar-refractivity contribution in [1.29, 1.82) is 0 Å². The highest BCUT2D eigenvalue weighted by atomic mass is 19.1. The minimum Gasteiger partial charge on any atom is -0.380 e. The van der Waals surface area contributed by atoms with E-state index in [4.69, 9.17) is 4.74 Å². The first-order valence-electron chi connectivity index (χ1n) is 8.89. The molecule has 0 saturated heterocycles. The average Bonchev–Trinajstić information content (AvgIpc) is 2.66. The Bertz CT molecular complexity index is 704. The molecule has 2 rings (SSSR count). The van der Waals surface area contributed by atoms with Gasteiger partial charge in [0.05, 0.1) is 6.61 Å². The molecule has 0 spiro atoms. The molecule has 0 aliphatic carbocycles. The molecule has 5 heteroatoms. The summed E-state index contributed by atoms with van der Waals surface area (Å²) in [6, 6.07) is 15.8. The fraction of sp³-hybridized carbons (Fsp3) is 0.381. The van der Waals surface area contributed by atoms with Crippen LogP contribution in [-0.4, -0.2) is 26.2 Å². The van der Waals surface area contributed by atoms with Crippen LogP contribution in [0, 0.1) is 5.82 Å². The molecular formula is C21H28FN3O. The molecule has 26 heavy (non-hydrogen) atoms. The van der Waals surface area contributed by atoms with Crippen molar-refractivity contribution in [2.75, 3.05) is 14.2 Å². The number of nitrogens with one attached hydrogen (secondary N) is 2. The Morgan fingerprint density at radius 1 is 1.15 bits per heavy atom. The molecule has 2 aromatic rings. The van der Waals surface area contributed by atoms with Gasteiger partial charge >= 0.3 is 0 Å². The lowest BCUT2D eigenvalue weighted by Crippen LogP contribution is -2.42. The number of nitrogens with zero attached hydrogens (tertiary/aromatic N) is 1. The monoisotopic (exact) mass is 357 g/mol. The fourth-order valence-electron chi connectivity index (χ4n) is 2.72. The quantitative estimate of drug-likeness (QED) is 0.560. The van der Waals surface area contributed by atoms with Crippen LogP contribution in [-0.2, 0) is 24.3 Å². The molecule has 0 heterocycles. The van der Waals surface area contributed by atoms with E-state index in [1.807, 2.05) is 12.1 Å². The lowest BCUT2D eigenvalue weighted by molar-refractivity contribution is 0.181. The molecule has 1 unspecified atom stereocenters. The third kappa shape index (κ3) is 6.48. The molecule has 0 aromatic heterocycles. The summed E-state index contributed by atoms with van der Waals surface area (Å²) >= 11 is 0. The van der Waals surface area contributed by atoms with Crippen molar-refractivity contribution in [1.82, 2.24) is 10.6 Å². The fourth-order valence-corrected chi connectivity index (χ4v) is 2.72. The van der Waals surface area contributed by atoms with Crippen molar-refractivity contribution in [3.8, 4) is 0 Å². The Morgan fingerprint density at radius 2 is 1.92 bits per heavy atom. The predicted molar refractivity (Wildman–Crippen MR) is 105 cm³/mol. The molecule has 4 nitrogen and oxygen atoms in total. The first-order chi connectivity index (χ1) is 12.6. The van der Waals surface area contributed by atoms with Gasteiger partial charge in [0, 0.05) is 32.3 Å².